The molecule has 4 N–H and O–H groups in total. The summed E-state index contributed by atoms with van der Waals surface area (Å²) in [5.74, 6) is -1.62. The molecule has 9 heteroatoms. The molecule has 0 aliphatic heterocycles. The Morgan fingerprint density at radius 2 is 1.89 bits per heavy atom. The molecule has 0 fully saturated rings. The number of hydrogen-bond donors (Lipinski definition) is 2. The zero-order chi connectivity index (χ0) is 13.9. The standard InChI is InChI=1S/C9H7ClF4N4/c10-6-5(9(12,13)14)2-1-4(7(6)11)3-17-18-8(15)16/h1-3H,(H4,15,16,18). The summed E-state index contributed by atoms with van der Waals surface area (Å²) >= 11 is 5.28. The van der Waals surface area contributed by atoms with Crippen molar-refractivity contribution in [1.29, 1.82) is 0 Å². The molecule has 0 atom stereocenters. The normalized spacial score (nSPS) is 11.8. The SMILES string of the molecule is NC(N)=NN=Cc1ccc(C(F)(F)F)c(Cl)c1F. The highest BCUT2D eigenvalue weighted by atomic mass is 35.5. The zero-order valence-electron chi connectivity index (χ0n) is 8.67. The van der Waals surface area contributed by atoms with E-state index in [1.165, 1.54) is 0 Å². The topological polar surface area (TPSA) is 76.8 Å². The fraction of sp³-hybridized carbons (Fsp3) is 0.111. The molecule has 0 saturated carbocycles. The van der Waals surface area contributed by atoms with Gasteiger partial charge in [-0.3, -0.25) is 0 Å². The molecule has 0 heterocycles. The van der Waals surface area contributed by atoms with Gasteiger partial charge < -0.3 is 11.5 Å². The Bertz CT molecular complexity index is 506. The van der Waals surface area contributed by atoms with Crippen LogP contribution in [-0.4, -0.2) is 12.2 Å². The van der Waals surface area contributed by atoms with E-state index in [0.29, 0.717) is 6.07 Å². The highest BCUT2D eigenvalue weighted by Gasteiger charge is 2.34. The Balaban J connectivity index is 3.17. The van der Waals surface area contributed by atoms with E-state index in [9.17, 15) is 17.6 Å². The predicted molar refractivity (Wildman–Crippen MR) is 59.8 cm³/mol. The molecule has 1 aromatic rings. The van der Waals surface area contributed by atoms with Crippen molar-refractivity contribution < 1.29 is 17.6 Å². The summed E-state index contributed by atoms with van der Waals surface area (Å²) in [7, 11) is 0. The summed E-state index contributed by atoms with van der Waals surface area (Å²) in [5.41, 5.74) is 8.37. The van der Waals surface area contributed by atoms with Gasteiger partial charge in [0.2, 0.25) is 5.96 Å². The van der Waals surface area contributed by atoms with Crippen molar-refractivity contribution >= 4 is 23.8 Å². The second kappa shape index (κ2) is 5.21. The summed E-state index contributed by atoms with van der Waals surface area (Å²) < 4.78 is 50.6. The van der Waals surface area contributed by atoms with E-state index in [1.807, 2.05) is 0 Å². The van der Waals surface area contributed by atoms with Gasteiger partial charge in [0.25, 0.3) is 0 Å². The lowest BCUT2D eigenvalue weighted by molar-refractivity contribution is -0.137. The summed E-state index contributed by atoms with van der Waals surface area (Å²) in [5, 5.41) is 5.41. The Labute approximate surface area is 104 Å². The number of alkyl halides is 3. The molecule has 0 saturated heterocycles. The first kappa shape index (κ1) is 14.2. The number of halogens is 5. The van der Waals surface area contributed by atoms with Gasteiger partial charge in [-0.05, 0) is 12.1 Å². The molecular formula is C9H7ClF4N4. The van der Waals surface area contributed by atoms with E-state index in [4.69, 9.17) is 23.1 Å². The van der Waals surface area contributed by atoms with Crippen LogP contribution in [0.4, 0.5) is 17.6 Å². The van der Waals surface area contributed by atoms with Crippen molar-refractivity contribution in [3.8, 4) is 0 Å². The van der Waals surface area contributed by atoms with Gasteiger partial charge >= 0.3 is 6.18 Å². The third-order valence-corrected chi connectivity index (χ3v) is 2.16. The number of benzene rings is 1. The third kappa shape index (κ3) is 3.33. The minimum atomic E-state index is -4.73. The van der Waals surface area contributed by atoms with Gasteiger partial charge in [0.15, 0.2) is 5.82 Å². The van der Waals surface area contributed by atoms with Gasteiger partial charge in [-0.25, -0.2) is 4.39 Å². The molecule has 1 aromatic carbocycles. The molecule has 0 radical (unpaired) electrons. The Hall–Kier alpha value is -1.83. The molecule has 0 aliphatic carbocycles. The van der Waals surface area contributed by atoms with E-state index in [-0.39, 0.29) is 11.5 Å². The third-order valence-electron chi connectivity index (χ3n) is 1.79. The lowest BCUT2D eigenvalue weighted by atomic mass is 10.1. The number of rotatable bonds is 2. The molecule has 98 valence electrons. The molecule has 0 aliphatic rings. The first-order chi connectivity index (χ1) is 8.23. The van der Waals surface area contributed by atoms with E-state index >= 15 is 0 Å². The summed E-state index contributed by atoms with van der Waals surface area (Å²) in [6, 6.07) is 1.51. The average molecular weight is 283 g/mol. The van der Waals surface area contributed by atoms with Crippen LogP contribution in [0.5, 0.6) is 0 Å². The highest BCUT2D eigenvalue weighted by Crippen LogP contribution is 2.36. The number of guanidine groups is 1. The number of nitrogens with zero attached hydrogens (tertiary/aromatic N) is 2. The van der Waals surface area contributed by atoms with Crippen LogP contribution in [0.1, 0.15) is 11.1 Å². The van der Waals surface area contributed by atoms with Crippen molar-refractivity contribution in [2.75, 3.05) is 0 Å². The molecule has 1 rings (SSSR count). The number of hydrogen-bond acceptors (Lipinski definition) is 2. The second-order valence-electron chi connectivity index (χ2n) is 3.10. The molecule has 18 heavy (non-hydrogen) atoms. The van der Waals surface area contributed by atoms with Crippen LogP contribution in [0.15, 0.2) is 22.3 Å². The predicted octanol–water partition coefficient (Wildman–Crippen LogP) is 2.11. The maximum absolute atomic E-state index is 13.5. The van der Waals surface area contributed by atoms with Crippen LogP contribution in [0.25, 0.3) is 0 Å². The maximum Gasteiger partial charge on any atom is 0.417 e. The fourth-order valence-electron chi connectivity index (χ4n) is 1.04. The molecular weight excluding hydrogens is 276 g/mol. The van der Waals surface area contributed by atoms with Crippen LogP contribution < -0.4 is 11.5 Å². The fourth-order valence-corrected chi connectivity index (χ4v) is 1.32. The second-order valence-corrected chi connectivity index (χ2v) is 3.48. The Morgan fingerprint density at radius 1 is 1.28 bits per heavy atom. The van der Waals surface area contributed by atoms with E-state index in [0.717, 1.165) is 12.3 Å². The van der Waals surface area contributed by atoms with Crippen LogP contribution in [-0.2, 0) is 6.18 Å². The molecule has 0 spiro atoms. The van der Waals surface area contributed by atoms with Gasteiger partial charge in [0.1, 0.15) is 0 Å². The molecule has 0 unspecified atom stereocenters. The average Bonchev–Trinajstić information content (AvgIpc) is 2.22. The van der Waals surface area contributed by atoms with Gasteiger partial charge in [0, 0.05) is 5.56 Å². The summed E-state index contributed by atoms with van der Waals surface area (Å²) in [6.07, 6.45) is -3.88. The minimum Gasteiger partial charge on any atom is -0.369 e. The maximum atomic E-state index is 13.5. The van der Waals surface area contributed by atoms with Crippen LogP contribution in [0.2, 0.25) is 5.02 Å². The van der Waals surface area contributed by atoms with Crippen molar-refractivity contribution in [1.82, 2.24) is 0 Å². The number of nitrogens with two attached hydrogens (primary N) is 2. The van der Waals surface area contributed by atoms with Crippen molar-refractivity contribution in [3.63, 3.8) is 0 Å². The molecule has 0 amide bonds. The largest absolute Gasteiger partial charge is 0.417 e. The molecule has 0 bridgehead atoms. The van der Waals surface area contributed by atoms with E-state index < -0.39 is 22.6 Å². The monoisotopic (exact) mass is 282 g/mol. The van der Waals surface area contributed by atoms with Crippen LogP contribution in [0.3, 0.4) is 0 Å². The van der Waals surface area contributed by atoms with Crippen molar-refractivity contribution in [2.24, 2.45) is 21.7 Å². The Kier molecular flexibility index (Phi) is 4.12. The lowest BCUT2D eigenvalue weighted by Crippen LogP contribution is -2.21. The van der Waals surface area contributed by atoms with Crippen molar-refractivity contribution in [3.05, 3.63) is 34.1 Å². The summed E-state index contributed by atoms with van der Waals surface area (Å²) in [4.78, 5) is 0. The van der Waals surface area contributed by atoms with E-state index in [1.54, 1.807) is 0 Å². The quantitative estimate of drug-likeness (QED) is 0.377. The molecule has 0 aromatic heterocycles. The van der Waals surface area contributed by atoms with Gasteiger partial charge in [-0.1, -0.05) is 11.6 Å². The Morgan fingerprint density at radius 3 is 2.39 bits per heavy atom. The zero-order valence-corrected chi connectivity index (χ0v) is 9.43. The van der Waals surface area contributed by atoms with Gasteiger partial charge in [-0.2, -0.15) is 18.3 Å². The smallest absolute Gasteiger partial charge is 0.369 e. The first-order valence-corrected chi connectivity index (χ1v) is 4.78. The first-order valence-electron chi connectivity index (χ1n) is 4.40. The van der Waals surface area contributed by atoms with Crippen LogP contribution in [0, 0.1) is 5.82 Å². The minimum absolute atomic E-state index is 0.266. The van der Waals surface area contributed by atoms with Gasteiger partial charge in [-0.15, -0.1) is 5.10 Å². The van der Waals surface area contributed by atoms with E-state index in [2.05, 4.69) is 10.2 Å². The van der Waals surface area contributed by atoms with Crippen LogP contribution >= 0.6 is 11.6 Å². The van der Waals surface area contributed by atoms with Gasteiger partial charge in [0.05, 0.1) is 16.8 Å². The summed E-state index contributed by atoms with van der Waals surface area (Å²) in [6.45, 7) is 0. The van der Waals surface area contributed by atoms with Crippen molar-refractivity contribution in [2.45, 2.75) is 6.18 Å². The lowest BCUT2D eigenvalue weighted by Gasteiger charge is -2.10. The highest BCUT2D eigenvalue weighted by molar-refractivity contribution is 6.31. The molecule has 4 nitrogen and oxygen atoms in total.